The Morgan fingerprint density at radius 2 is 1.90 bits per heavy atom. The van der Waals surface area contributed by atoms with Crippen molar-refractivity contribution in [3.05, 3.63) is 99.1 Å². The average Bonchev–Trinajstić information content (AvgIpc) is 3.45. The number of anilines is 2. The van der Waals surface area contributed by atoms with Gasteiger partial charge < -0.3 is 25.1 Å². The zero-order chi connectivity index (χ0) is 27.9. The molecule has 3 N–H and O–H groups in total. The molecule has 3 aromatic rings. The highest BCUT2D eigenvalue weighted by Crippen LogP contribution is 2.41. The molecule has 39 heavy (non-hydrogen) atoms. The second-order valence-corrected chi connectivity index (χ2v) is 10.0. The van der Waals surface area contributed by atoms with E-state index in [2.05, 4.69) is 22.0 Å². The van der Waals surface area contributed by atoms with Gasteiger partial charge in [-0.1, -0.05) is 29.4 Å². The van der Waals surface area contributed by atoms with Crippen LogP contribution >= 0.6 is 23.4 Å². The van der Waals surface area contributed by atoms with Crippen LogP contribution in [0, 0.1) is 18.3 Å². The number of nitriles is 1. The molecule has 0 unspecified atom stereocenters. The van der Waals surface area contributed by atoms with Gasteiger partial charge in [-0.2, -0.15) is 5.26 Å². The molecule has 0 saturated heterocycles. The lowest BCUT2D eigenvalue weighted by molar-refractivity contribution is -0.114. The zero-order valence-electron chi connectivity index (χ0n) is 21.6. The van der Waals surface area contributed by atoms with E-state index >= 15 is 0 Å². The number of nitrogens with zero attached hydrogens (tertiary/aromatic N) is 1. The second kappa shape index (κ2) is 12.6. The molecule has 0 aliphatic carbocycles. The topological polar surface area (TPSA) is 116 Å². The average molecular weight is 563 g/mol. The number of benzene rings is 2. The van der Waals surface area contributed by atoms with Gasteiger partial charge in [0.25, 0.3) is 5.91 Å². The minimum absolute atomic E-state index is 0.0331. The Morgan fingerprint density at radius 3 is 2.56 bits per heavy atom. The lowest BCUT2D eigenvalue weighted by atomic mass is 9.85. The predicted molar refractivity (Wildman–Crippen MR) is 153 cm³/mol. The summed E-state index contributed by atoms with van der Waals surface area (Å²) in [7, 11) is 0. The number of carbonyl (C=O) groups excluding carboxylic acids is 2. The fraction of sp³-hybridized carbons (Fsp3) is 0.207. The molecule has 1 aromatic heterocycles. The van der Waals surface area contributed by atoms with E-state index in [9.17, 15) is 14.9 Å². The van der Waals surface area contributed by atoms with Crippen LogP contribution in [0.2, 0.25) is 5.02 Å². The third-order valence-corrected chi connectivity index (χ3v) is 7.46. The number of hydrogen-bond acceptors (Lipinski definition) is 7. The number of rotatable bonds is 9. The fourth-order valence-electron chi connectivity index (χ4n) is 4.13. The molecule has 0 fully saturated rings. The molecule has 2 heterocycles. The van der Waals surface area contributed by atoms with E-state index in [0.717, 1.165) is 5.56 Å². The third-order valence-electron chi connectivity index (χ3n) is 6.03. The van der Waals surface area contributed by atoms with Crippen LogP contribution in [0.4, 0.5) is 11.4 Å². The highest BCUT2D eigenvalue weighted by Gasteiger charge is 2.36. The van der Waals surface area contributed by atoms with Crippen molar-refractivity contribution < 1.29 is 18.7 Å². The number of dihydropyridines is 1. The van der Waals surface area contributed by atoms with Crippen molar-refractivity contribution in [2.75, 3.05) is 23.0 Å². The molecule has 0 bridgehead atoms. The normalized spacial score (nSPS) is 14.9. The molecule has 0 spiro atoms. The number of hydrogen-bond donors (Lipinski definition) is 3. The first-order chi connectivity index (χ1) is 18.8. The summed E-state index contributed by atoms with van der Waals surface area (Å²) in [5, 5.41) is 20.1. The quantitative estimate of drug-likeness (QED) is 0.278. The second-order valence-electron chi connectivity index (χ2n) is 8.63. The number of thioether (sulfide) groups is 1. The molecule has 0 saturated carbocycles. The van der Waals surface area contributed by atoms with E-state index in [-0.39, 0.29) is 23.1 Å². The first-order valence-electron chi connectivity index (χ1n) is 12.2. The third kappa shape index (κ3) is 6.48. The number of carbonyl (C=O) groups is 2. The van der Waals surface area contributed by atoms with E-state index in [1.54, 1.807) is 61.5 Å². The molecule has 8 nitrogen and oxygen atoms in total. The number of ether oxygens (including phenoxy) is 1. The molecule has 2 amide bonds. The largest absolute Gasteiger partial charge is 0.494 e. The molecule has 1 aliphatic rings. The maximum atomic E-state index is 13.5. The molecular formula is C29H27ClN4O4S. The van der Waals surface area contributed by atoms with Gasteiger partial charge in [0.1, 0.15) is 11.5 Å². The van der Waals surface area contributed by atoms with Gasteiger partial charge in [0.05, 0.1) is 46.8 Å². The first-order valence-corrected chi connectivity index (χ1v) is 13.6. The van der Waals surface area contributed by atoms with Crippen LogP contribution in [0.1, 0.15) is 31.1 Å². The van der Waals surface area contributed by atoms with Gasteiger partial charge in [-0.05, 0) is 74.9 Å². The summed E-state index contributed by atoms with van der Waals surface area (Å²) < 4.78 is 11.1. The molecule has 1 atom stereocenters. The van der Waals surface area contributed by atoms with Crippen LogP contribution in [0.5, 0.6) is 5.75 Å². The lowest BCUT2D eigenvalue weighted by Gasteiger charge is -2.28. The van der Waals surface area contributed by atoms with E-state index in [0.29, 0.717) is 50.8 Å². The van der Waals surface area contributed by atoms with Crippen molar-refractivity contribution in [2.24, 2.45) is 0 Å². The van der Waals surface area contributed by atoms with Gasteiger partial charge in [-0.25, -0.2) is 0 Å². The smallest absolute Gasteiger partial charge is 0.254 e. The van der Waals surface area contributed by atoms with Crippen LogP contribution in [0.15, 0.2) is 87.1 Å². The van der Waals surface area contributed by atoms with Crippen LogP contribution < -0.4 is 20.7 Å². The zero-order valence-corrected chi connectivity index (χ0v) is 23.2. The number of halogens is 1. The van der Waals surface area contributed by atoms with Crippen molar-refractivity contribution in [1.82, 2.24) is 5.32 Å². The number of allylic oxidation sites excluding steroid dienone is 2. The minimum atomic E-state index is -0.755. The first kappa shape index (κ1) is 27.9. The van der Waals surface area contributed by atoms with E-state index in [1.807, 2.05) is 13.8 Å². The van der Waals surface area contributed by atoms with E-state index in [1.165, 1.54) is 18.0 Å². The fourth-order valence-corrected chi connectivity index (χ4v) is 5.20. The summed E-state index contributed by atoms with van der Waals surface area (Å²) in [5.74, 6) is -0.213. The van der Waals surface area contributed by atoms with Crippen LogP contribution in [0.25, 0.3) is 0 Å². The van der Waals surface area contributed by atoms with Crippen molar-refractivity contribution in [3.8, 4) is 11.8 Å². The van der Waals surface area contributed by atoms with Gasteiger partial charge in [-0.3, -0.25) is 9.59 Å². The van der Waals surface area contributed by atoms with Gasteiger partial charge in [-0.15, -0.1) is 0 Å². The van der Waals surface area contributed by atoms with E-state index in [4.69, 9.17) is 20.8 Å². The summed E-state index contributed by atoms with van der Waals surface area (Å²) in [5.41, 5.74) is 3.15. The highest BCUT2D eigenvalue weighted by atomic mass is 35.5. The van der Waals surface area contributed by atoms with Gasteiger partial charge >= 0.3 is 0 Å². The van der Waals surface area contributed by atoms with E-state index < -0.39 is 5.92 Å². The summed E-state index contributed by atoms with van der Waals surface area (Å²) >= 11 is 7.34. The molecule has 0 radical (unpaired) electrons. The number of nitrogens with one attached hydrogen (secondary N) is 3. The molecule has 200 valence electrons. The summed E-state index contributed by atoms with van der Waals surface area (Å²) in [6, 6.07) is 18.0. The Hall–Kier alpha value is -4.13. The monoisotopic (exact) mass is 562 g/mol. The van der Waals surface area contributed by atoms with Crippen LogP contribution in [0.3, 0.4) is 0 Å². The summed E-state index contributed by atoms with van der Waals surface area (Å²) in [6.07, 6.45) is 1.50. The maximum absolute atomic E-state index is 13.5. The molecule has 1 aliphatic heterocycles. The standard InChI is InChI=1S/C29H27ClN4O4S/c1-4-37-20-12-10-19(11-13-20)33-28(36)26-18(3)32-29(21(15-31)27(26)24-9-6-14-38-24)39-16-25(35)34-23-8-5-7-22(30)17(23)2/h5-14,27,32H,4,16H2,1-3H3,(H,33,36)(H,34,35)/t27-/m0/s1. The molecular weight excluding hydrogens is 536 g/mol. The molecule has 2 aromatic carbocycles. The predicted octanol–water partition coefficient (Wildman–Crippen LogP) is 6.35. The van der Waals surface area contributed by atoms with Crippen LogP contribution in [-0.4, -0.2) is 24.2 Å². The Bertz CT molecular complexity index is 1470. The summed E-state index contributed by atoms with van der Waals surface area (Å²) in [6.45, 7) is 6.02. The Balaban J connectivity index is 1.56. The van der Waals surface area contributed by atoms with Crippen molar-refractivity contribution >= 4 is 46.6 Å². The lowest BCUT2D eigenvalue weighted by Crippen LogP contribution is -2.31. The number of furan rings is 1. The minimum Gasteiger partial charge on any atom is -0.494 e. The Labute approximate surface area is 236 Å². The maximum Gasteiger partial charge on any atom is 0.254 e. The number of amides is 2. The summed E-state index contributed by atoms with van der Waals surface area (Å²) in [4.78, 5) is 26.2. The Kier molecular flexibility index (Phi) is 9.02. The van der Waals surface area contributed by atoms with Crippen LogP contribution in [-0.2, 0) is 9.59 Å². The highest BCUT2D eigenvalue weighted by molar-refractivity contribution is 8.03. The molecule has 10 heteroatoms. The van der Waals surface area contributed by atoms with Crippen molar-refractivity contribution in [3.63, 3.8) is 0 Å². The molecule has 4 rings (SSSR count). The SMILES string of the molecule is CCOc1ccc(NC(=O)C2=C(C)NC(SCC(=O)Nc3cccc(Cl)c3C)=C(C#N)[C@H]2c2ccco2)cc1. The van der Waals surface area contributed by atoms with Gasteiger partial charge in [0.15, 0.2) is 0 Å². The van der Waals surface area contributed by atoms with Crippen molar-refractivity contribution in [2.45, 2.75) is 26.7 Å². The van der Waals surface area contributed by atoms with Crippen molar-refractivity contribution in [1.29, 1.82) is 5.26 Å². The van der Waals surface area contributed by atoms with Gasteiger partial charge in [0.2, 0.25) is 5.91 Å². The van der Waals surface area contributed by atoms with Gasteiger partial charge in [0, 0.05) is 22.1 Å². The Morgan fingerprint density at radius 1 is 1.13 bits per heavy atom.